The third-order valence-corrected chi connectivity index (χ3v) is 3.52. The summed E-state index contributed by atoms with van der Waals surface area (Å²) in [5, 5.41) is 8.96. The van der Waals surface area contributed by atoms with Crippen LogP contribution in [0.2, 0.25) is 0 Å². The number of anilines is 1. The van der Waals surface area contributed by atoms with Gasteiger partial charge in [0.1, 0.15) is 5.82 Å². The Bertz CT molecular complexity index is 357. The number of hydrogen-bond acceptors (Lipinski definition) is 3. The molecule has 17 heavy (non-hydrogen) atoms. The lowest BCUT2D eigenvalue weighted by molar-refractivity contribution is 0.299. The Morgan fingerprint density at radius 2 is 1.94 bits per heavy atom. The molecule has 1 aromatic heterocycles. The lowest BCUT2D eigenvalue weighted by Gasteiger charge is -2.22. The molecule has 3 nitrogen and oxygen atoms in total. The molecule has 0 aromatic carbocycles. The molecular weight excluding hydrogens is 212 g/mol. The van der Waals surface area contributed by atoms with Crippen molar-refractivity contribution in [2.45, 2.75) is 39.0 Å². The van der Waals surface area contributed by atoms with Crippen LogP contribution in [0.4, 0.5) is 5.82 Å². The first-order valence-corrected chi connectivity index (χ1v) is 6.62. The molecule has 0 amide bonds. The summed E-state index contributed by atoms with van der Waals surface area (Å²) in [5.74, 6) is 1.10. The van der Waals surface area contributed by atoms with Crippen LogP contribution in [0, 0.1) is 6.92 Å². The lowest BCUT2D eigenvalue weighted by Crippen LogP contribution is -2.25. The summed E-state index contributed by atoms with van der Waals surface area (Å²) in [7, 11) is 0. The van der Waals surface area contributed by atoms with Gasteiger partial charge in [-0.3, -0.25) is 0 Å². The molecule has 2 heterocycles. The molecule has 1 aliphatic heterocycles. The third-order valence-electron chi connectivity index (χ3n) is 3.52. The summed E-state index contributed by atoms with van der Waals surface area (Å²) < 4.78 is 0. The number of pyridine rings is 1. The monoisotopic (exact) mass is 234 g/mol. The SMILES string of the molecule is Cc1cc(N2CCCCCC2)ncc1CCO. The highest BCUT2D eigenvalue weighted by Crippen LogP contribution is 2.20. The van der Waals surface area contributed by atoms with Crippen molar-refractivity contribution in [3.05, 3.63) is 23.4 Å². The minimum absolute atomic E-state index is 0.200. The van der Waals surface area contributed by atoms with Crippen molar-refractivity contribution in [3.63, 3.8) is 0 Å². The van der Waals surface area contributed by atoms with Gasteiger partial charge in [-0.15, -0.1) is 0 Å². The van der Waals surface area contributed by atoms with Gasteiger partial charge in [0.2, 0.25) is 0 Å². The van der Waals surface area contributed by atoms with Gasteiger partial charge in [-0.05, 0) is 43.4 Å². The Hall–Kier alpha value is -1.09. The van der Waals surface area contributed by atoms with Gasteiger partial charge in [-0.2, -0.15) is 0 Å². The smallest absolute Gasteiger partial charge is 0.128 e. The first kappa shape index (κ1) is 12.4. The maximum Gasteiger partial charge on any atom is 0.128 e. The van der Waals surface area contributed by atoms with Gasteiger partial charge >= 0.3 is 0 Å². The van der Waals surface area contributed by atoms with E-state index in [9.17, 15) is 0 Å². The van der Waals surface area contributed by atoms with Crippen molar-refractivity contribution in [1.82, 2.24) is 4.98 Å². The average molecular weight is 234 g/mol. The average Bonchev–Trinajstić information content (AvgIpc) is 2.60. The molecule has 0 atom stereocenters. The van der Waals surface area contributed by atoms with E-state index in [1.807, 2.05) is 6.20 Å². The van der Waals surface area contributed by atoms with E-state index in [1.54, 1.807) is 0 Å². The number of rotatable bonds is 3. The summed E-state index contributed by atoms with van der Waals surface area (Å²) in [4.78, 5) is 6.93. The van der Waals surface area contributed by atoms with E-state index in [4.69, 9.17) is 5.11 Å². The Balaban J connectivity index is 2.12. The van der Waals surface area contributed by atoms with Crippen LogP contribution < -0.4 is 4.90 Å². The zero-order valence-electron chi connectivity index (χ0n) is 10.7. The second kappa shape index (κ2) is 6.01. The zero-order valence-corrected chi connectivity index (χ0v) is 10.7. The standard InChI is InChI=1S/C14H22N2O/c1-12-10-14(15-11-13(12)6-9-17)16-7-4-2-3-5-8-16/h10-11,17H,2-9H2,1H3. The van der Waals surface area contributed by atoms with Crippen molar-refractivity contribution in [1.29, 1.82) is 0 Å². The van der Waals surface area contributed by atoms with Gasteiger partial charge in [0.05, 0.1) is 0 Å². The van der Waals surface area contributed by atoms with E-state index < -0.39 is 0 Å². The van der Waals surface area contributed by atoms with Crippen LogP contribution in [0.1, 0.15) is 36.8 Å². The molecule has 1 saturated heterocycles. The first-order chi connectivity index (χ1) is 8.31. The fraction of sp³-hybridized carbons (Fsp3) is 0.643. The van der Waals surface area contributed by atoms with E-state index >= 15 is 0 Å². The molecule has 1 aromatic rings. The molecule has 1 fully saturated rings. The fourth-order valence-corrected chi connectivity index (χ4v) is 2.42. The van der Waals surface area contributed by atoms with Crippen molar-refractivity contribution in [3.8, 4) is 0 Å². The fourth-order valence-electron chi connectivity index (χ4n) is 2.42. The second-order valence-electron chi connectivity index (χ2n) is 4.84. The van der Waals surface area contributed by atoms with Crippen LogP contribution in [-0.4, -0.2) is 29.8 Å². The van der Waals surface area contributed by atoms with E-state index in [2.05, 4.69) is 22.9 Å². The second-order valence-corrected chi connectivity index (χ2v) is 4.84. The van der Waals surface area contributed by atoms with E-state index in [0.29, 0.717) is 6.42 Å². The molecule has 0 spiro atoms. The summed E-state index contributed by atoms with van der Waals surface area (Å²) >= 11 is 0. The Labute approximate surface area is 103 Å². The number of aliphatic hydroxyl groups excluding tert-OH is 1. The predicted octanol–water partition coefficient (Wildman–Crippen LogP) is 2.31. The molecule has 1 aliphatic rings. The largest absolute Gasteiger partial charge is 0.396 e. The molecule has 2 rings (SSSR count). The van der Waals surface area contributed by atoms with Crippen molar-refractivity contribution < 1.29 is 5.11 Å². The predicted molar refractivity (Wildman–Crippen MR) is 70.4 cm³/mol. The normalized spacial score (nSPS) is 16.9. The summed E-state index contributed by atoms with van der Waals surface area (Å²) in [6.45, 7) is 4.57. The first-order valence-electron chi connectivity index (χ1n) is 6.62. The van der Waals surface area contributed by atoms with Gasteiger partial charge in [-0.25, -0.2) is 4.98 Å². The Kier molecular flexibility index (Phi) is 4.37. The molecule has 0 bridgehead atoms. The van der Waals surface area contributed by atoms with Crippen LogP contribution in [0.3, 0.4) is 0 Å². The Morgan fingerprint density at radius 1 is 1.24 bits per heavy atom. The maximum atomic E-state index is 8.96. The number of aliphatic hydroxyl groups is 1. The topological polar surface area (TPSA) is 36.4 Å². The highest BCUT2D eigenvalue weighted by atomic mass is 16.2. The molecule has 0 aliphatic carbocycles. The minimum atomic E-state index is 0.200. The molecular formula is C14H22N2O. The maximum absolute atomic E-state index is 8.96. The van der Waals surface area contributed by atoms with Gasteiger partial charge in [0, 0.05) is 25.9 Å². The number of aromatic nitrogens is 1. The van der Waals surface area contributed by atoms with Crippen molar-refractivity contribution in [2.24, 2.45) is 0 Å². The molecule has 0 unspecified atom stereocenters. The molecule has 3 heteroatoms. The summed E-state index contributed by atoms with van der Waals surface area (Å²) in [5.41, 5.74) is 2.40. The summed E-state index contributed by atoms with van der Waals surface area (Å²) in [6.07, 6.45) is 7.87. The van der Waals surface area contributed by atoms with Gasteiger partial charge in [-0.1, -0.05) is 12.8 Å². The molecule has 94 valence electrons. The van der Waals surface area contributed by atoms with Crippen LogP contribution in [0.25, 0.3) is 0 Å². The number of hydrogen-bond donors (Lipinski definition) is 1. The molecule has 0 radical (unpaired) electrons. The molecule has 0 saturated carbocycles. The van der Waals surface area contributed by atoms with E-state index in [0.717, 1.165) is 24.5 Å². The Morgan fingerprint density at radius 3 is 2.53 bits per heavy atom. The highest BCUT2D eigenvalue weighted by Gasteiger charge is 2.11. The molecule has 1 N–H and O–H groups in total. The van der Waals surface area contributed by atoms with Gasteiger partial charge in [0.15, 0.2) is 0 Å². The van der Waals surface area contributed by atoms with Crippen LogP contribution in [0.15, 0.2) is 12.3 Å². The number of nitrogens with zero attached hydrogens (tertiary/aromatic N) is 2. The van der Waals surface area contributed by atoms with E-state index in [1.165, 1.54) is 31.2 Å². The lowest BCUT2D eigenvalue weighted by atomic mass is 10.1. The van der Waals surface area contributed by atoms with Crippen LogP contribution >= 0.6 is 0 Å². The summed E-state index contributed by atoms with van der Waals surface area (Å²) in [6, 6.07) is 2.16. The third kappa shape index (κ3) is 3.19. The van der Waals surface area contributed by atoms with Crippen LogP contribution in [0.5, 0.6) is 0 Å². The van der Waals surface area contributed by atoms with Crippen LogP contribution in [-0.2, 0) is 6.42 Å². The van der Waals surface area contributed by atoms with Crippen molar-refractivity contribution in [2.75, 3.05) is 24.6 Å². The number of aryl methyl sites for hydroxylation is 1. The highest BCUT2D eigenvalue weighted by molar-refractivity contribution is 5.43. The quantitative estimate of drug-likeness (QED) is 0.872. The van der Waals surface area contributed by atoms with Gasteiger partial charge < -0.3 is 10.0 Å². The minimum Gasteiger partial charge on any atom is -0.396 e. The van der Waals surface area contributed by atoms with Crippen molar-refractivity contribution >= 4 is 5.82 Å². The zero-order chi connectivity index (χ0) is 12.1. The van der Waals surface area contributed by atoms with Gasteiger partial charge in [0.25, 0.3) is 0 Å². The van der Waals surface area contributed by atoms with E-state index in [-0.39, 0.29) is 6.61 Å².